The second-order valence-corrected chi connectivity index (χ2v) is 10.2. The lowest BCUT2D eigenvalue weighted by Crippen LogP contribution is -2.51. The number of hydrogen-bond acceptors (Lipinski definition) is 7. The Labute approximate surface area is 232 Å². The molecule has 0 saturated heterocycles. The van der Waals surface area contributed by atoms with Crippen LogP contribution < -0.4 is 24.4 Å². The fourth-order valence-electron chi connectivity index (χ4n) is 4.58. The smallest absolute Gasteiger partial charge is 0.249 e. The maximum Gasteiger partial charge on any atom is 0.249 e. The number of carbonyl (C=O) groups is 2. The average molecular weight is 544 g/mol. The van der Waals surface area contributed by atoms with Crippen molar-refractivity contribution in [3.8, 4) is 17.2 Å². The molecule has 208 valence electrons. The molecule has 5 rings (SSSR count). The van der Waals surface area contributed by atoms with Gasteiger partial charge in [-0.25, -0.2) is 4.68 Å². The Hall–Kier alpha value is -4.60. The molecular formula is C30H33N5O5. The number of hydrogen-bond donors (Lipinski definition) is 1. The van der Waals surface area contributed by atoms with E-state index in [1.54, 1.807) is 48.2 Å². The van der Waals surface area contributed by atoms with Gasteiger partial charge in [0.15, 0.2) is 11.5 Å². The molecule has 1 aromatic heterocycles. The number of benzene rings is 3. The predicted molar refractivity (Wildman–Crippen MR) is 151 cm³/mol. The second kappa shape index (κ2) is 11.3. The molecule has 4 aromatic rings. The number of amides is 2. The number of rotatable bonds is 9. The van der Waals surface area contributed by atoms with E-state index in [-0.39, 0.29) is 18.4 Å². The van der Waals surface area contributed by atoms with Gasteiger partial charge in [-0.15, -0.1) is 5.10 Å². The number of anilines is 1. The third kappa shape index (κ3) is 5.56. The molecule has 1 aliphatic heterocycles. The van der Waals surface area contributed by atoms with Gasteiger partial charge in [0.2, 0.25) is 11.8 Å². The lowest BCUT2D eigenvalue weighted by molar-refractivity contribution is -0.128. The summed E-state index contributed by atoms with van der Waals surface area (Å²) in [6.45, 7) is 6.59. The van der Waals surface area contributed by atoms with E-state index < -0.39 is 11.6 Å². The van der Waals surface area contributed by atoms with E-state index in [0.29, 0.717) is 59.2 Å². The lowest BCUT2D eigenvalue weighted by Gasteiger charge is -2.35. The van der Waals surface area contributed by atoms with E-state index in [9.17, 15) is 9.59 Å². The highest BCUT2D eigenvalue weighted by Crippen LogP contribution is 2.38. The van der Waals surface area contributed by atoms with E-state index in [1.165, 1.54) is 4.90 Å². The number of carbonyl (C=O) groups excluding carboxylic acids is 2. The van der Waals surface area contributed by atoms with Crippen molar-refractivity contribution in [3.63, 3.8) is 0 Å². The molecule has 0 radical (unpaired) electrons. The first-order chi connectivity index (χ1) is 19.3. The average Bonchev–Trinajstić information content (AvgIpc) is 3.37. The van der Waals surface area contributed by atoms with Gasteiger partial charge < -0.3 is 19.5 Å². The van der Waals surface area contributed by atoms with Gasteiger partial charge in [0.25, 0.3) is 0 Å². The van der Waals surface area contributed by atoms with Crippen LogP contribution in [-0.2, 0) is 16.1 Å². The standard InChI is InChI=1S/C30H33N5O5/c1-5-30(2,3)31-29(37)28(20-9-8-10-22(17-20)38-4)35(21-13-14-25-26(18-21)40-16-15-39-25)27(36)19-34-24-12-7-6-11-23(24)32-33-34/h6-14,17-18,28H,5,15-16,19H2,1-4H3,(H,31,37). The summed E-state index contributed by atoms with van der Waals surface area (Å²) >= 11 is 0. The van der Waals surface area contributed by atoms with Crippen molar-refractivity contribution < 1.29 is 23.8 Å². The van der Waals surface area contributed by atoms with Gasteiger partial charge in [0, 0.05) is 17.3 Å². The van der Waals surface area contributed by atoms with Gasteiger partial charge in [0.1, 0.15) is 37.1 Å². The maximum absolute atomic E-state index is 14.3. The first-order valence-electron chi connectivity index (χ1n) is 13.3. The molecule has 0 saturated carbocycles. The van der Waals surface area contributed by atoms with Crippen LogP contribution in [-0.4, -0.2) is 52.7 Å². The SMILES string of the molecule is CCC(C)(C)NC(=O)C(c1cccc(OC)c1)N(C(=O)Cn1nnc2ccccc21)c1ccc2c(c1)OCCO2. The Balaban J connectivity index is 1.64. The molecule has 0 aliphatic carbocycles. The Morgan fingerprint density at radius 2 is 1.82 bits per heavy atom. The summed E-state index contributed by atoms with van der Waals surface area (Å²) in [7, 11) is 1.56. The van der Waals surface area contributed by atoms with Crippen LogP contribution in [0.3, 0.4) is 0 Å². The molecular weight excluding hydrogens is 510 g/mol. The number of ether oxygens (including phenoxy) is 3. The number of para-hydroxylation sites is 1. The van der Waals surface area contributed by atoms with E-state index >= 15 is 0 Å². The minimum absolute atomic E-state index is 0.139. The molecule has 0 spiro atoms. The fraction of sp³-hybridized carbons (Fsp3) is 0.333. The third-order valence-corrected chi connectivity index (χ3v) is 7.04. The van der Waals surface area contributed by atoms with Crippen molar-refractivity contribution >= 4 is 28.5 Å². The van der Waals surface area contributed by atoms with E-state index in [4.69, 9.17) is 14.2 Å². The third-order valence-electron chi connectivity index (χ3n) is 7.04. The normalized spacial score (nSPS) is 13.5. The van der Waals surface area contributed by atoms with Crippen LogP contribution >= 0.6 is 0 Å². The first-order valence-corrected chi connectivity index (χ1v) is 13.3. The highest BCUT2D eigenvalue weighted by atomic mass is 16.6. The predicted octanol–water partition coefficient (Wildman–Crippen LogP) is 4.29. The molecule has 10 heteroatoms. The molecule has 2 amide bonds. The summed E-state index contributed by atoms with van der Waals surface area (Å²) in [5.74, 6) is 0.976. The van der Waals surface area contributed by atoms with E-state index in [0.717, 1.165) is 0 Å². The number of aromatic nitrogens is 3. The largest absolute Gasteiger partial charge is 0.497 e. The molecule has 3 aromatic carbocycles. The highest BCUT2D eigenvalue weighted by Gasteiger charge is 2.36. The van der Waals surface area contributed by atoms with Crippen LogP contribution in [0.1, 0.15) is 38.8 Å². The molecule has 2 heterocycles. The molecule has 1 aliphatic rings. The molecule has 0 bridgehead atoms. The summed E-state index contributed by atoms with van der Waals surface area (Å²) in [5.41, 5.74) is 1.96. The Morgan fingerprint density at radius 1 is 1.05 bits per heavy atom. The van der Waals surface area contributed by atoms with Gasteiger partial charge in [-0.1, -0.05) is 36.4 Å². The molecule has 1 atom stereocenters. The molecule has 1 N–H and O–H groups in total. The van der Waals surface area contributed by atoms with Crippen LogP contribution in [0, 0.1) is 0 Å². The molecule has 0 fully saturated rings. The van der Waals surface area contributed by atoms with Crippen molar-refractivity contribution in [2.75, 3.05) is 25.2 Å². The van der Waals surface area contributed by atoms with E-state index in [2.05, 4.69) is 15.6 Å². The Morgan fingerprint density at radius 3 is 2.60 bits per heavy atom. The highest BCUT2D eigenvalue weighted by molar-refractivity contribution is 6.02. The minimum atomic E-state index is -1.02. The number of fused-ring (bicyclic) bond motifs is 2. The number of methoxy groups -OCH3 is 1. The number of nitrogens with one attached hydrogen (secondary N) is 1. The van der Waals surface area contributed by atoms with Crippen LogP contribution in [0.2, 0.25) is 0 Å². The zero-order valence-corrected chi connectivity index (χ0v) is 23.1. The molecule has 1 unspecified atom stereocenters. The Kier molecular flexibility index (Phi) is 7.59. The minimum Gasteiger partial charge on any atom is -0.497 e. The topological polar surface area (TPSA) is 108 Å². The lowest BCUT2D eigenvalue weighted by atomic mass is 9.98. The summed E-state index contributed by atoms with van der Waals surface area (Å²) in [6, 6.07) is 18.8. The number of nitrogens with zero attached hydrogens (tertiary/aromatic N) is 4. The van der Waals surface area contributed by atoms with Crippen molar-refractivity contribution in [3.05, 3.63) is 72.3 Å². The van der Waals surface area contributed by atoms with Gasteiger partial charge in [0.05, 0.1) is 12.6 Å². The van der Waals surface area contributed by atoms with Gasteiger partial charge >= 0.3 is 0 Å². The van der Waals surface area contributed by atoms with E-state index in [1.807, 2.05) is 51.1 Å². The molecule has 40 heavy (non-hydrogen) atoms. The zero-order valence-electron chi connectivity index (χ0n) is 23.1. The van der Waals surface area contributed by atoms with Crippen LogP contribution in [0.4, 0.5) is 5.69 Å². The van der Waals surface area contributed by atoms with Crippen molar-refractivity contribution in [2.24, 2.45) is 0 Å². The van der Waals surface area contributed by atoms with Crippen LogP contribution in [0.25, 0.3) is 11.0 Å². The summed E-state index contributed by atoms with van der Waals surface area (Å²) in [5, 5.41) is 11.5. The second-order valence-electron chi connectivity index (χ2n) is 10.2. The van der Waals surface area contributed by atoms with Crippen molar-refractivity contribution in [1.29, 1.82) is 0 Å². The van der Waals surface area contributed by atoms with Gasteiger partial charge in [-0.05, 0) is 62.2 Å². The first kappa shape index (κ1) is 27.0. The van der Waals surface area contributed by atoms with Crippen molar-refractivity contribution in [2.45, 2.75) is 45.3 Å². The van der Waals surface area contributed by atoms with Gasteiger partial charge in [-0.2, -0.15) is 0 Å². The Bertz CT molecular complexity index is 1530. The summed E-state index contributed by atoms with van der Waals surface area (Å²) < 4.78 is 18.5. The van der Waals surface area contributed by atoms with Crippen molar-refractivity contribution in [1.82, 2.24) is 20.3 Å². The maximum atomic E-state index is 14.3. The van der Waals surface area contributed by atoms with Crippen LogP contribution in [0.15, 0.2) is 66.7 Å². The zero-order chi connectivity index (χ0) is 28.3. The molecule has 10 nitrogen and oxygen atoms in total. The summed E-state index contributed by atoms with van der Waals surface area (Å²) in [6.07, 6.45) is 0.701. The quantitative estimate of drug-likeness (QED) is 0.336. The van der Waals surface area contributed by atoms with Gasteiger partial charge in [-0.3, -0.25) is 14.5 Å². The monoisotopic (exact) mass is 543 g/mol. The van der Waals surface area contributed by atoms with Crippen LogP contribution in [0.5, 0.6) is 17.2 Å². The summed E-state index contributed by atoms with van der Waals surface area (Å²) in [4.78, 5) is 29.9. The fourth-order valence-corrected chi connectivity index (χ4v) is 4.58.